The zero-order valence-corrected chi connectivity index (χ0v) is 15.4. The summed E-state index contributed by atoms with van der Waals surface area (Å²) in [5.41, 5.74) is 1.65. The molecule has 0 amide bonds. The topological polar surface area (TPSA) is 29.5 Å². The molecule has 1 atom stereocenters. The molecule has 19 heavy (non-hydrogen) atoms. The van der Waals surface area contributed by atoms with Crippen molar-refractivity contribution in [1.29, 1.82) is 0 Å². The maximum absolute atomic E-state index is 10.5. The van der Waals surface area contributed by atoms with Crippen LogP contribution in [0.1, 0.15) is 17.2 Å². The fourth-order valence-electron chi connectivity index (χ4n) is 1.75. The van der Waals surface area contributed by atoms with Gasteiger partial charge in [0, 0.05) is 18.1 Å². The van der Waals surface area contributed by atoms with Gasteiger partial charge in [-0.25, -0.2) is 0 Å². The number of aliphatic hydroxyl groups excluding tert-OH is 1. The Morgan fingerprint density at radius 3 is 2.42 bits per heavy atom. The fourth-order valence-corrected chi connectivity index (χ4v) is 3.30. The highest BCUT2D eigenvalue weighted by Gasteiger charge is 2.17. The van der Waals surface area contributed by atoms with Gasteiger partial charge in [0.2, 0.25) is 0 Å². The van der Waals surface area contributed by atoms with Crippen LogP contribution in [0.5, 0.6) is 5.75 Å². The molecule has 0 bridgehead atoms. The number of halogens is 3. The van der Waals surface area contributed by atoms with Gasteiger partial charge in [-0.05, 0) is 58.5 Å². The minimum absolute atomic E-state index is 0.690. The molecular weight excluding hydrogens is 487 g/mol. The van der Waals surface area contributed by atoms with E-state index in [9.17, 15) is 5.11 Å². The van der Waals surface area contributed by atoms with Gasteiger partial charge in [-0.15, -0.1) is 0 Å². The predicted octanol–water partition coefficient (Wildman–Crippen LogP) is 4.91. The van der Waals surface area contributed by atoms with Crippen LogP contribution in [0.3, 0.4) is 0 Å². The first-order valence-corrected chi connectivity index (χ1v) is 8.16. The minimum Gasteiger partial charge on any atom is -0.497 e. The van der Waals surface area contributed by atoms with Crippen molar-refractivity contribution in [2.45, 2.75) is 6.10 Å². The summed E-state index contributed by atoms with van der Waals surface area (Å²) in [5.74, 6) is 0.754. The van der Waals surface area contributed by atoms with Crippen molar-refractivity contribution in [3.8, 4) is 5.75 Å². The Balaban J connectivity index is 2.43. The van der Waals surface area contributed by atoms with Gasteiger partial charge >= 0.3 is 0 Å². The fraction of sp³-hybridized carbons (Fsp3) is 0.143. The third kappa shape index (κ3) is 3.51. The average molecular weight is 498 g/mol. The SMILES string of the molecule is COc1ccc(C(O)c2cc(I)ccc2Br)c(Br)c1. The highest BCUT2D eigenvalue weighted by atomic mass is 127. The highest BCUT2D eigenvalue weighted by molar-refractivity contribution is 14.1. The normalized spacial score (nSPS) is 12.3. The summed E-state index contributed by atoms with van der Waals surface area (Å²) >= 11 is 9.18. The summed E-state index contributed by atoms with van der Waals surface area (Å²) < 4.78 is 7.96. The zero-order valence-electron chi connectivity index (χ0n) is 10.0. The summed E-state index contributed by atoms with van der Waals surface area (Å²) in [6.45, 7) is 0. The molecule has 2 nitrogen and oxygen atoms in total. The van der Waals surface area contributed by atoms with E-state index in [-0.39, 0.29) is 0 Å². The van der Waals surface area contributed by atoms with Crippen LogP contribution in [-0.4, -0.2) is 12.2 Å². The molecule has 0 radical (unpaired) electrons. The molecular formula is C14H11Br2IO2. The number of hydrogen-bond acceptors (Lipinski definition) is 2. The Morgan fingerprint density at radius 1 is 1.05 bits per heavy atom. The molecule has 1 unspecified atom stereocenters. The third-order valence-electron chi connectivity index (χ3n) is 2.75. The zero-order chi connectivity index (χ0) is 14.0. The van der Waals surface area contributed by atoms with E-state index in [1.54, 1.807) is 7.11 Å². The maximum Gasteiger partial charge on any atom is 0.120 e. The number of ether oxygens (including phenoxy) is 1. The summed E-state index contributed by atoms with van der Waals surface area (Å²) in [6, 6.07) is 11.4. The number of rotatable bonds is 3. The molecule has 0 fully saturated rings. The van der Waals surface area contributed by atoms with Crippen LogP contribution < -0.4 is 4.74 Å². The monoisotopic (exact) mass is 496 g/mol. The first-order chi connectivity index (χ1) is 9.02. The molecule has 0 spiro atoms. The van der Waals surface area contributed by atoms with Crippen molar-refractivity contribution in [1.82, 2.24) is 0 Å². The summed E-state index contributed by atoms with van der Waals surface area (Å²) in [7, 11) is 1.62. The van der Waals surface area contributed by atoms with Gasteiger partial charge in [-0.3, -0.25) is 0 Å². The Morgan fingerprint density at radius 2 is 1.79 bits per heavy atom. The molecule has 2 aromatic carbocycles. The van der Waals surface area contributed by atoms with Crippen molar-refractivity contribution in [3.05, 3.63) is 60.0 Å². The van der Waals surface area contributed by atoms with Crippen molar-refractivity contribution >= 4 is 54.5 Å². The van der Waals surface area contributed by atoms with Crippen LogP contribution in [0.25, 0.3) is 0 Å². The van der Waals surface area contributed by atoms with Crippen LogP contribution in [0, 0.1) is 3.57 Å². The smallest absolute Gasteiger partial charge is 0.120 e. The average Bonchev–Trinajstić information content (AvgIpc) is 2.40. The summed E-state index contributed by atoms with van der Waals surface area (Å²) in [4.78, 5) is 0. The number of aliphatic hydroxyl groups is 1. The van der Waals surface area contributed by atoms with E-state index >= 15 is 0 Å². The van der Waals surface area contributed by atoms with Crippen molar-refractivity contribution < 1.29 is 9.84 Å². The van der Waals surface area contributed by atoms with E-state index in [1.165, 1.54) is 0 Å². The lowest BCUT2D eigenvalue weighted by Crippen LogP contribution is -2.02. The molecule has 0 aliphatic heterocycles. The van der Waals surface area contributed by atoms with Crippen molar-refractivity contribution in [2.75, 3.05) is 7.11 Å². The lowest BCUT2D eigenvalue weighted by molar-refractivity contribution is 0.218. The van der Waals surface area contributed by atoms with E-state index in [1.807, 2.05) is 36.4 Å². The van der Waals surface area contributed by atoms with Crippen LogP contribution in [0.4, 0.5) is 0 Å². The molecule has 5 heteroatoms. The van der Waals surface area contributed by atoms with Gasteiger partial charge in [0.1, 0.15) is 11.9 Å². The highest BCUT2D eigenvalue weighted by Crippen LogP contribution is 2.35. The molecule has 0 aromatic heterocycles. The van der Waals surface area contributed by atoms with Gasteiger partial charge in [0.15, 0.2) is 0 Å². The van der Waals surface area contributed by atoms with Crippen LogP contribution in [0.2, 0.25) is 0 Å². The Labute approximate surface area is 142 Å². The first kappa shape index (κ1) is 15.3. The number of methoxy groups -OCH3 is 1. The van der Waals surface area contributed by atoms with E-state index < -0.39 is 6.10 Å². The Bertz CT molecular complexity index is 602. The molecule has 0 saturated carbocycles. The number of benzene rings is 2. The van der Waals surface area contributed by atoms with Crippen LogP contribution >= 0.6 is 54.5 Å². The largest absolute Gasteiger partial charge is 0.497 e. The van der Waals surface area contributed by atoms with E-state index in [0.29, 0.717) is 0 Å². The molecule has 0 saturated heterocycles. The molecule has 0 aliphatic rings. The molecule has 2 rings (SSSR count). The maximum atomic E-state index is 10.5. The van der Waals surface area contributed by atoms with Gasteiger partial charge in [-0.1, -0.05) is 37.9 Å². The predicted molar refractivity (Wildman–Crippen MR) is 91.6 cm³/mol. The third-order valence-corrected chi connectivity index (χ3v) is 4.83. The second kappa shape index (κ2) is 6.56. The van der Waals surface area contributed by atoms with Gasteiger partial charge in [0.05, 0.1) is 7.11 Å². The first-order valence-electron chi connectivity index (χ1n) is 5.49. The van der Waals surface area contributed by atoms with Crippen molar-refractivity contribution in [3.63, 3.8) is 0 Å². The summed E-state index contributed by atoms with van der Waals surface area (Å²) in [5, 5.41) is 10.5. The molecule has 1 N–H and O–H groups in total. The lowest BCUT2D eigenvalue weighted by Gasteiger charge is -2.16. The van der Waals surface area contributed by atoms with Gasteiger partial charge < -0.3 is 9.84 Å². The lowest BCUT2D eigenvalue weighted by atomic mass is 10.0. The van der Waals surface area contributed by atoms with Gasteiger partial charge in [-0.2, -0.15) is 0 Å². The quantitative estimate of drug-likeness (QED) is 0.611. The van der Waals surface area contributed by atoms with Gasteiger partial charge in [0.25, 0.3) is 0 Å². The minimum atomic E-state index is -0.690. The molecule has 2 aromatic rings. The second-order valence-corrected chi connectivity index (χ2v) is 6.91. The summed E-state index contributed by atoms with van der Waals surface area (Å²) in [6.07, 6.45) is -0.690. The van der Waals surface area contributed by atoms with Crippen LogP contribution in [-0.2, 0) is 0 Å². The number of hydrogen-bond donors (Lipinski definition) is 1. The van der Waals surface area contributed by atoms with Crippen molar-refractivity contribution in [2.24, 2.45) is 0 Å². The molecule has 100 valence electrons. The van der Waals surface area contributed by atoms with E-state index in [2.05, 4.69) is 54.5 Å². The molecule has 0 aliphatic carbocycles. The molecule has 0 heterocycles. The van der Waals surface area contributed by atoms with Crippen LogP contribution in [0.15, 0.2) is 45.3 Å². The second-order valence-electron chi connectivity index (χ2n) is 3.96. The Hall–Kier alpha value is -0.110. The Kier molecular flexibility index (Phi) is 5.28. The van der Waals surface area contributed by atoms with E-state index in [0.717, 1.165) is 29.4 Å². The standard InChI is InChI=1S/C14H11Br2IO2/c1-19-9-3-4-10(13(16)7-9)14(18)11-6-8(17)2-5-12(11)15/h2-7,14,18H,1H3. The van der Waals surface area contributed by atoms with E-state index in [4.69, 9.17) is 4.74 Å².